The number of nitrogens with zero attached hydrogens (tertiary/aromatic N) is 6. The molecule has 0 unspecified atom stereocenters. The van der Waals surface area contributed by atoms with Gasteiger partial charge in [-0.2, -0.15) is 19.5 Å². The fourth-order valence-electron chi connectivity index (χ4n) is 1.86. The van der Waals surface area contributed by atoms with E-state index < -0.39 is 31.4 Å². The van der Waals surface area contributed by atoms with Gasteiger partial charge in [0, 0.05) is 12.3 Å². The van der Waals surface area contributed by atoms with Crippen LogP contribution in [-0.2, 0) is 9.84 Å². The van der Waals surface area contributed by atoms with Crippen LogP contribution in [0.15, 0.2) is 23.4 Å². The smallest absolute Gasteiger partial charge is 0.272 e. The van der Waals surface area contributed by atoms with Crippen molar-refractivity contribution in [1.82, 2.24) is 24.6 Å². The van der Waals surface area contributed by atoms with Gasteiger partial charge in [0.2, 0.25) is 15.8 Å². The fourth-order valence-corrected chi connectivity index (χ4v) is 2.37. The first-order valence-electron chi connectivity index (χ1n) is 6.21. The van der Waals surface area contributed by atoms with Crippen LogP contribution in [0.1, 0.15) is 0 Å². The fraction of sp³-hybridized carbons (Fsp3) is 0.0909. The minimum atomic E-state index is -3.73. The number of halogens is 1. The maximum absolute atomic E-state index is 14.0. The van der Waals surface area contributed by atoms with E-state index in [1.807, 2.05) is 0 Å². The number of benzene rings is 1. The van der Waals surface area contributed by atoms with Gasteiger partial charge in [-0.1, -0.05) is 0 Å². The molecular formula is C11H8FN7O4S. The van der Waals surface area contributed by atoms with E-state index in [1.165, 1.54) is 0 Å². The van der Waals surface area contributed by atoms with E-state index >= 15 is 0 Å². The van der Waals surface area contributed by atoms with E-state index in [1.54, 1.807) is 0 Å². The lowest BCUT2D eigenvalue weighted by Crippen LogP contribution is -2.11. The Bertz CT molecular complexity index is 1100. The van der Waals surface area contributed by atoms with E-state index in [0.717, 1.165) is 29.0 Å². The van der Waals surface area contributed by atoms with Gasteiger partial charge in [-0.15, -0.1) is 5.10 Å². The molecule has 124 valence electrons. The molecule has 1 aromatic carbocycles. The summed E-state index contributed by atoms with van der Waals surface area (Å²) in [7, 11) is -3.73. The number of nitrogens with two attached hydrogens (primary N) is 1. The third-order valence-corrected chi connectivity index (χ3v) is 3.79. The minimum absolute atomic E-state index is 0.133. The van der Waals surface area contributed by atoms with Gasteiger partial charge in [-0.05, 0) is 6.07 Å². The number of nitrogen functional groups attached to an aromatic ring is 1. The molecule has 3 rings (SSSR count). The highest BCUT2D eigenvalue weighted by molar-refractivity contribution is 7.90. The SMILES string of the molecule is CS(=O)(=O)c1nc(N)n2nc(-c3ccc([N+](=O)[O-])cc3F)nc2n1. The Morgan fingerprint density at radius 2 is 2.00 bits per heavy atom. The van der Waals surface area contributed by atoms with Gasteiger partial charge in [-0.25, -0.2) is 12.8 Å². The summed E-state index contributed by atoms with van der Waals surface area (Å²) in [6.45, 7) is 0. The average molecular weight is 353 g/mol. The van der Waals surface area contributed by atoms with Crippen molar-refractivity contribution in [3.63, 3.8) is 0 Å². The van der Waals surface area contributed by atoms with Crippen molar-refractivity contribution in [2.45, 2.75) is 5.16 Å². The summed E-state index contributed by atoms with van der Waals surface area (Å²) < 4.78 is 38.0. The third-order valence-electron chi connectivity index (χ3n) is 2.95. The third kappa shape index (κ3) is 2.60. The molecule has 11 nitrogen and oxygen atoms in total. The predicted octanol–water partition coefficient (Wildman–Crippen LogP) is 0.219. The maximum atomic E-state index is 14.0. The molecule has 0 fully saturated rings. The van der Waals surface area contributed by atoms with Crippen molar-refractivity contribution in [2.24, 2.45) is 0 Å². The Labute approximate surface area is 133 Å². The molecule has 0 spiro atoms. The zero-order valence-corrected chi connectivity index (χ0v) is 12.7. The van der Waals surface area contributed by atoms with Gasteiger partial charge >= 0.3 is 0 Å². The van der Waals surface area contributed by atoms with E-state index in [-0.39, 0.29) is 23.1 Å². The standard InChI is InChI=1S/C11H8FN7O4S/c1-24(22,23)11-15-9(13)18-10(16-11)14-8(17-18)6-3-2-5(19(20)21)4-7(6)12/h2-4H,1H3,(H2,13,14,15,16,17). The summed E-state index contributed by atoms with van der Waals surface area (Å²) in [6, 6.07) is 2.93. The molecule has 2 N–H and O–H groups in total. The lowest BCUT2D eigenvalue weighted by molar-refractivity contribution is -0.385. The summed E-state index contributed by atoms with van der Waals surface area (Å²) in [4.78, 5) is 21.1. The second-order valence-corrected chi connectivity index (χ2v) is 6.61. The van der Waals surface area contributed by atoms with E-state index in [4.69, 9.17) is 5.73 Å². The van der Waals surface area contributed by atoms with Gasteiger partial charge in [0.05, 0.1) is 16.6 Å². The number of nitro benzene ring substituents is 1. The highest BCUT2D eigenvalue weighted by atomic mass is 32.2. The van der Waals surface area contributed by atoms with Crippen molar-refractivity contribution in [2.75, 3.05) is 12.0 Å². The van der Waals surface area contributed by atoms with E-state index in [9.17, 15) is 22.9 Å². The van der Waals surface area contributed by atoms with Crippen LogP contribution in [0.4, 0.5) is 16.0 Å². The van der Waals surface area contributed by atoms with Crippen LogP contribution in [-0.4, -0.2) is 44.2 Å². The molecule has 0 bridgehead atoms. The summed E-state index contributed by atoms with van der Waals surface area (Å²) in [6.07, 6.45) is 0.894. The lowest BCUT2D eigenvalue weighted by Gasteiger charge is -1.99. The predicted molar refractivity (Wildman–Crippen MR) is 78.1 cm³/mol. The first-order valence-corrected chi connectivity index (χ1v) is 8.10. The van der Waals surface area contributed by atoms with Gasteiger partial charge in [0.15, 0.2) is 5.82 Å². The number of fused-ring (bicyclic) bond motifs is 1. The number of sulfone groups is 1. The number of hydrogen-bond acceptors (Lipinski definition) is 9. The Hall–Kier alpha value is -3.22. The molecule has 13 heteroatoms. The molecule has 24 heavy (non-hydrogen) atoms. The monoisotopic (exact) mass is 353 g/mol. The summed E-state index contributed by atoms with van der Waals surface area (Å²) in [5.74, 6) is -1.60. The zero-order chi connectivity index (χ0) is 17.6. The highest BCUT2D eigenvalue weighted by Gasteiger charge is 2.20. The van der Waals surface area contributed by atoms with Gasteiger partial charge in [0.25, 0.3) is 16.6 Å². The maximum Gasteiger partial charge on any atom is 0.272 e. The average Bonchev–Trinajstić information content (AvgIpc) is 2.90. The second-order valence-electron chi connectivity index (χ2n) is 4.71. The quantitative estimate of drug-likeness (QED) is 0.513. The Kier molecular flexibility index (Phi) is 3.37. The Morgan fingerprint density at radius 3 is 2.58 bits per heavy atom. The van der Waals surface area contributed by atoms with Crippen LogP contribution in [0.5, 0.6) is 0 Å². The van der Waals surface area contributed by atoms with Gasteiger partial charge in [0.1, 0.15) is 5.82 Å². The Balaban J connectivity index is 2.18. The van der Waals surface area contributed by atoms with Crippen LogP contribution in [0.25, 0.3) is 17.2 Å². The number of nitro groups is 1. The normalized spacial score (nSPS) is 11.8. The summed E-state index contributed by atoms with van der Waals surface area (Å²) in [5.41, 5.74) is 5.04. The molecular weight excluding hydrogens is 345 g/mol. The first kappa shape index (κ1) is 15.7. The molecule has 0 aliphatic rings. The largest absolute Gasteiger partial charge is 0.368 e. The van der Waals surface area contributed by atoms with Crippen molar-refractivity contribution >= 4 is 27.3 Å². The van der Waals surface area contributed by atoms with Crippen LogP contribution >= 0.6 is 0 Å². The lowest BCUT2D eigenvalue weighted by atomic mass is 10.2. The number of aromatic nitrogens is 5. The highest BCUT2D eigenvalue weighted by Crippen LogP contribution is 2.24. The molecule has 0 amide bonds. The zero-order valence-electron chi connectivity index (χ0n) is 11.9. The van der Waals surface area contributed by atoms with Crippen molar-refractivity contribution in [3.05, 3.63) is 34.1 Å². The van der Waals surface area contributed by atoms with Crippen molar-refractivity contribution in [1.29, 1.82) is 0 Å². The minimum Gasteiger partial charge on any atom is -0.368 e. The Morgan fingerprint density at radius 1 is 1.29 bits per heavy atom. The molecule has 0 radical (unpaired) electrons. The first-order chi connectivity index (χ1) is 11.2. The van der Waals surface area contributed by atoms with Crippen LogP contribution in [0.2, 0.25) is 0 Å². The van der Waals surface area contributed by atoms with Crippen molar-refractivity contribution < 1.29 is 17.7 Å². The number of hydrogen-bond donors (Lipinski definition) is 1. The van der Waals surface area contributed by atoms with E-state index in [0.29, 0.717) is 0 Å². The summed E-state index contributed by atoms with van der Waals surface area (Å²) >= 11 is 0. The molecule has 0 aliphatic carbocycles. The molecule has 2 heterocycles. The molecule has 2 aromatic heterocycles. The second kappa shape index (κ2) is 5.16. The molecule has 0 saturated carbocycles. The topological polar surface area (TPSA) is 159 Å². The van der Waals surface area contributed by atoms with Crippen LogP contribution < -0.4 is 5.73 Å². The molecule has 3 aromatic rings. The summed E-state index contributed by atoms with van der Waals surface area (Å²) in [5, 5.41) is 14.0. The van der Waals surface area contributed by atoms with Crippen LogP contribution in [0.3, 0.4) is 0 Å². The van der Waals surface area contributed by atoms with E-state index in [2.05, 4.69) is 20.1 Å². The number of rotatable bonds is 3. The van der Waals surface area contributed by atoms with Gasteiger partial charge < -0.3 is 5.73 Å². The molecule has 0 aliphatic heterocycles. The number of non-ortho nitro benzene ring substituents is 1. The molecule has 0 atom stereocenters. The molecule has 0 saturated heterocycles. The van der Waals surface area contributed by atoms with Gasteiger partial charge in [-0.3, -0.25) is 10.1 Å². The number of anilines is 1. The van der Waals surface area contributed by atoms with Crippen molar-refractivity contribution in [3.8, 4) is 11.4 Å². The van der Waals surface area contributed by atoms with Crippen LogP contribution in [0, 0.1) is 15.9 Å².